The first kappa shape index (κ1) is 10.5. The molecule has 4 N–H and O–H groups in total. The highest BCUT2D eigenvalue weighted by Gasteiger charge is 2.08. The van der Waals surface area contributed by atoms with Gasteiger partial charge in [0.15, 0.2) is 5.11 Å². The summed E-state index contributed by atoms with van der Waals surface area (Å²) >= 11 is 16.2. The molecule has 0 aliphatic carbocycles. The van der Waals surface area contributed by atoms with Crippen molar-refractivity contribution in [1.29, 1.82) is 0 Å². The van der Waals surface area contributed by atoms with Crippen molar-refractivity contribution in [2.24, 2.45) is 11.6 Å². The number of nitrogens with zero attached hydrogens (tertiary/aromatic N) is 1. The Morgan fingerprint density at radius 1 is 1.38 bits per heavy atom. The summed E-state index contributed by atoms with van der Waals surface area (Å²) in [6.45, 7) is 0. The molecule has 70 valence electrons. The third kappa shape index (κ3) is 2.45. The molecule has 6 heteroatoms. The number of nitrogens with two attached hydrogens (primary N) is 2. The van der Waals surface area contributed by atoms with Crippen LogP contribution in [0.5, 0.6) is 0 Å². The van der Waals surface area contributed by atoms with E-state index in [1.807, 2.05) is 0 Å². The Labute approximate surface area is 91.2 Å². The van der Waals surface area contributed by atoms with Gasteiger partial charge >= 0.3 is 0 Å². The summed E-state index contributed by atoms with van der Waals surface area (Å²) in [5.41, 5.74) is 5.84. The van der Waals surface area contributed by atoms with Gasteiger partial charge in [-0.2, -0.15) is 0 Å². The molecule has 0 radical (unpaired) electrons. The van der Waals surface area contributed by atoms with Crippen molar-refractivity contribution in [3.63, 3.8) is 0 Å². The van der Waals surface area contributed by atoms with Crippen molar-refractivity contribution < 1.29 is 0 Å². The first-order valence-corrected chi connectivity index (χ1v) is 4.48. The van der Waals surface area contributed by atoms with Crippen LogP contribution >= 0.6 is 35.4 Å². The van der Waals surface area contributed by atoms with Crippen molar-refractivity contribution in [2.75, 3.05) is 5.01 Å². The maximum absolute atomic E-state index is 5.85. The summed E-state index contributed by atoms with van der Waals surface area (Å²) in [4.78, 5) is 0. The molecule has 1 aromatic rings. The van der Waals surface area contributed by atoms with Gasteiger partial charge < -0.3 is 5.73 Å². The Morgan fingerprint density at radius 3 is 2.46 bits per heavy atom. The molecule has 0 bridgehead atoms. The van der Waals surface area contributed by atoms with Crippen LogP contribution in [-0.4, -0.2) is 5.11 Å². The topological polar surface area (TPSA) is 55.3 Å². The Morgan fingerprint density at radius 2 is 2.00 bits per heavy atom. The fraction of sp³-hybridized carbons (Fsp3) is 0. The van der Waals surface area contributed by atoms with E-state index in [-0.39, 0.29) is 5.11 Å². The molecule has 0 saturated heterocycles. The maximum atomic E-state index is 5.85. The lowest BCUT2D eigenvalue weighted by atomic mass is 10.3. The first-order chi connectivity index (χ1) is 6.02. The van der Waals surface area contributed by atoms with Gasteiger partial charge in [0.25, 0.3) is 0 Å². The lowest BCUT2D eigenvalue weighted by Gasteiger charge is -2.17. The summed E-state index contributed by atoms with van der Waals surface area (Å²) < 4.78 is 0. The average molecular weight is 236 g/mol. The lowest BCUT2D eigenvalue weighted by Crippen LogP contribution is -2.41. The van der Waals surface area contributed by atoms with E-state index in [0.717, 1.165) is 5.01 Å². The normalized spacial score (nSPS) is 9.77. The molecule has 13 heavy (non-hydrogen) atoms. The van der Waals surface area contributed by atoms with Crippen LogP contribution < -0.4 is 16.6 Å². The Kier molecular flexibility index (Phi) is 3.33. The van der Waals surface area contributed by atoms with Gasteiger partial charge in [0.05, 0.1) is 10.7 Å². The second-order valence-corrected chi connectivity index (χ2v) is 3.57. The van der Waals surface area contributed by atoms with Gasteiger partial charge in [-0.25, -0.2) is 5.84 Å². The highest BCUT2D eigenvalue weighted by Crippen LogP contribution is 2.26. The van der Waals surface area contributed by atoms with Crippen LogP contribution in [-0.2, 0) is 0 Å². The summed E-state index contributed by atoms with van der Waals surface area (Å²) in [5.74, 6) is 5.53. The van der Waals surface area contributed by atoms with Crippen molar-refractivity contribution in [2.45, 2.75) is 0 Å². The van der Waals surface area contributed by atoms with Crippen molar-refractivity contribution in [1.82, 2.24) is 0 Å². The Balaban J connectivity index is 3.08. The minimum atomic E-state index is 0.0456. The summed E-state index contributed by atoms with van der Waals surface area (Å²) in [7, 11) is 0. The van der Waals surface area contributed by atoms with Crippen molar-refractivity contribution >= 4 is 46.2 Å². The third-order valence-corrected chi connectivity index (χ3v) is 2.14. The quantitative estimate of drug-likeness (QED) is 0.444. The number of thiocarbonyl (C=S) groups is 1. The fourth-order valence-electron chi connectivity index (χ4n) is 0.795. The molecule has 0 fully saturated rings. The van der Waals surface area contributed by atoms with E-state index in [4.69, 9.17) is 34.8 Å². The molecule has 0 heterocycles. The largest absolute Gasteiger partial charge is 0.375 e. The Bertz CT molecular complexity index is 343. The minimum absolute atomic E-state index is 0.0456. The van der Waals surface area contributed by atoms with E-state index in [2.05, 4.69) is 12.2 Å². The highest BCUT2D eigenvalue weighted by atomic mass is 35.5. The van der Waals surface area contributed by atoms with Gasteiger partial charge in [0.1, 0.15) is 0 Å². The second-order valence-electron chi connectivity index (χ2n) is 2.30. The van der Waals surface area contributed by atoms with Crippen LogP contribution in [0.15, 0.2) is 18.2 Å². The molecule has 0 atom stereocenters. The van der Waals surface area contributed by atoms with Crippen LogP contribution in [0, 0.1) is 0 Å². The van der Waals surface area contributed by atoms with Gasteiger partial charge in [-0.1, -0.05) is 23.2 Å². The maximum Gasteiger partial charge on any atom is 0.185 e. The number of rotatable bonds is 1. The average Bonchev–Trinajstić information content (AvgIpc) is 2.03. The zero-order valence-corrected chi connectivity index (χ0v) is 8.83. The monoisotopic (exact) mass is 235 g/mol. The highest BCUT2D eigenvalue weighted by molar-refractivity contribution is 7.80. The lowest BCUT2D eigenvalue weighted by molar-refractivity contribution is 1.13. The minimum Gasteiger partial charge on any atom is -0.375 e. The third-order valence-electron chi connectivity index (χ3n) is 1.41. The standard InChI is InChI=1S/C7H7Cl2N3S/c8-4-1-2-6(5(9)3-4)12(11)7(10)13/h1-3H,11H2,(H2,10,13). The molecule has 0 saturated carbocycles. The number of benzene rings is 1. The Hall–Kier alpha value is -0.550. The van der Waals surface area contributed by atoms with E-state index < -0.39 is 0 Å². The summed E-state index contributed by atoms with van der Waals surface area (Å²) in [6, 6.07) is 4.86. The van der Waals surface area contributed by atoms with Crippen LogP contribution in [0.3, 0.4) is 0 Å². The molecular formula is C7H7Cl2N3S. The smallest absolute Gasteiger partial charge is 0.185 e. The predicted molar refractivity (Wildman–Crippen MR) is 59.9 cm³/mol. The number of hydrogen-bond donors (Lipinski definition) is 2. The molecule has 3 nitrogen and oxygen atoms in total. The fourth-order valence-corrected chi connectivity index (χ4v) is 1.39. The van der Waals surface area contributed by atoms with E-state index in [1.165, 1.54) is 0 Å². The van der Waals surface area contributed by atoms with Crippen LogP contribution in [0.25, 0.3) is 0 Å². The van der Waals surface area contributed by atoms with E-state index in [1.54, 1.807) is 18.2 Å². The second kappa shape index (κ2) is 4.11. The van der Waals surface area contributed by atoms with Gasteiger partial charge in [0.2, 0.25) is 0 Å². The van der Waals surface area contributed by atoms with Gasteiger partial charge in [0, 0.05) is 5.02 Å². The molecule has 1 aromatic carbocycles. The van der Waals surface area contributed by atoms with Crippen LogP contribution in [0.1, 0.15) is 0 Å². The number of hydrogen-bond acceptors (Lipinski definition) is 2. The van der Waals surface area contributed by atoms with Gasteiger partial charge in [-0.3, -0.25) is 5.01 Å². The molecule has 0 unspecified atom stereocenters. The summed E-state index contributed by atoms with van der Waals surface area (Å²) in [6.07, 6.45) is 0. The molecule has 1 rings (SSSR count). The van der Waals surface area contributed by atoms with Crippen molar-refractivity contribution in [3.8, 4) is 0 Å². The zero-order chi connectivity index (χ0) is 10.0. The molecule has 0 aliphatic heterocycles. The zero-order valence-electron chi connectivity index (χ0n) is 6.50. The SMILES string of the molecule is NC(=S)N(N)c1ccc(Cl)cc1Cl. The molecular weight excluding hydrogens is 229 g/mol. The summed E-state index contributed by atoms with van der Waals surface area (Å²) in [5, 5.41) is 2.10. The van der Waals surface area contributed by atoms with Gasteiger partial charge in [-0.05, 0) is 30.4 Å². The van der Waals surface area contributed by atoms with Crippen LogP contribution in [0.4, 0.5) is 5.69 Å². The molecule has 0 aromatic heterocycles. The predicted octanol–water partition coefficient (Wildman–Crippen LogP) is 1.92. The van der Waals surface area contributed by atoms with E-state index in [0.29, 0.717) is 15.7 Å². The number of hydrazine groups is 1. The molecule has 0 aliphatic rings. The van der Waals surface area contributed by atoms with E-state index in [9.17, 15) is 0 Å². The molecule has 0 spiro atoms. The number of anilines is 1. The van der Waals surface area contributed by atoms with Crippen LogP contribution in [0.2, 0.25) is 10.0 Å². The van der Waals surface area contributed by atoms with E-state index >= 15 is 0 Å². The van der Waals surface area contributed by atoms with Gasteiger partial charge in [-0.15, -0.1) is 0 Å². The first-order valence-electron chi connectivity index (χ1n) is 3.31. The molecule has 0 amide bonds. The number of halogens is 2. The van der Waals surface area contributed by atoms with Crippen molar-refractivity contribution in [3.05, 3.63) is 28.2 Å².